The van der Waals surface area contributed by atoms with Crippen LogP contribution in [0.25, 0.3) is 0 Å². The molecule has 0 unspecified atom stereocenters. The zero-order valence-electron chi connectivity index (χ0n) is 10.7. The number of halogens is 1. The first-order chi connectivity index (χ1) is 9.31. The quantitative estimate of drug-likeness (QED) is 0.877. The smallest absolute Gasteiger partial charge is 0.0520 e. The molecule has 1 heterocycles. The molecule has 3 rings (SSSR count). The van der Waals surface area contributed by atoms with Crippen LogP contribution in [0.3, 0.4) is 0 Å². The standard InChI is InChI=1S/C16H17BrN2/c17-14-7-9-16-13(11-14)6-8-15(18-19-16)10-12-4-2-1-3-5-12/h1-5,7,9,11,15,18-19H,6,8,10H2/t15-/m1/s1. The van der Waals surface area contributed by atoms with Crippen LogP contribution >= 0.6 is 15.9 Å². The van der Waals surface area contributed by atoms with Crippen molar-refractivity contribution in [3.8, 4) is 0 Å². The Balaban J connectivity index is 1.70. The fraction of sp³-hybridized carbons (Fsp3) is 0.250. The highest BCUT2D eigenvalue weighted by Gasteiger charge is 2.15. The van der Waals surface area contributed by atoms with Crippen LogP contribution in [0.5, 0.6) is 0 Å². The average Bonchev–Trinajstić information content (AvgIpc) is 2.63. The summed E-state index contributed by atoms with van der Waals surface area (Å²) in [5.41, 5.74) is 10.7. The van der Waals surface area contributed by atoms with Crippen LogP contribution < -0.4 is 10.9 Å². The lowest BCUT2D eigenvalue weighted by Crippen LogP contribution is -2.34. The van der Waals surface area contributed by atoms with Gasteiger partial charge in [0.2, 0.25) is 0 Å². The van der Waals surface area contributed by atoms with E-state index >= 15 is 0 Å². The van der Waals surface area contributed by atoms with E-state index in [-0.39, 0.29) is 0 Å². The number of benzene rings is 2. The van der Waals surface area contributed by atoms with Crippen molar-refractivity contribution in [2.45, 2.75) is 25.3 Å². The number of hydrazine groups is 1. The van der Waals surface area contributed by atoms with Gasteiger partial charge in [-0.15, -0.1) is 0 Å². The molecule has 0 radical (unpaired) electrons. The molecule has 19 heavy (non-hydrogen) atoms. The molecule has 0 saturated heterocycles. The van der Waals surface area contributed by atoms with Gasteiger partial charge in [0.15, 0.2) is 0 Å². The maximum atomic E-state index is 3.54. The normalized spacial score (nSPS) is 18.3. The number of rotatable bonds is 2. The first-order valence-electron chi connectivity index (χ1n) is 6.65. The van der Waals surface area contributed by atoms with Crippen molar-refractivity contribution < 1.29 is 0 Å². The molecule has 1 atom stereocenters. The van der Waals surface area contributed by atoms with Crippen molar-refractivity contribution >= 4 is 21.6 Å². The average molecular weight is 317 g/mol. The van der Waals surface area contributed by atoms with Crippen LogP contribution in [0.15, 0.2) is 53.0 Å². The molecule has 0 aliphatic carbocycles. The van der Waals surface area contributed by atoms with Crippen LogP contribution in [0.1, 0.15) is 17.5 Å². The number of hydrogen-bond acceptors (Lipinski definition) is 2. The minimum atomic E-state index is 0.466. The van der Waals surface area contributed by atoms with Gasteiger partial charge in [-0.3, -0.25) is 0 Å². The van der Waals surface area contributed by atoms with Crippen LogP contribution in [0.2, 0.25) is 0 Å². The molecule has 3 heteroatoms. The molecule has 2 N–H and O–H groups in total. The molecular formula is C16H17BrN2. The second-order valence-corrected chi connectivity index (χ2v) is 5.91. The molecule has 1 aliphatic rings. The van der Waals surface area contributed by atoms with Gasteiger partial charge in [-0.2, -0.15) is 0 Å². The van der Waals surface area contributed by atoms with Gasteiger partial charge < -0.3 is 5.43 Å². The molecule has 0 aromatic heterocycles. The lowest BCUT2D eigenvalue weighted by atomic mass is 10.00. The summed E-state index contributed by atoms with van der Waals surface area (Å²) in [5, 5.41) is 0. The third-order valence-corrected chi connectivity index (χ3v) is 4.06. The van der Waals surface area contributed by atoms with Gasteiger partial charge in [-0.1, -0.05) is 46.3 Å². The van der Waals surface area contributed by atoms with Gasteiger partial charge in [-0.25, -0.2) is 5.43 Å². The van der Waals surface area contributed by atoms with E-state index in [0.717, 1.165) is 23.7 Å². The first kappa shape index (κ1) is 12.7. The van der Waals surface area contributed by atoms with E-state index in [0.29, 0.717) is 6.04 Å². The Morgan fingerprint density at radius 1 is 1.11 bits per heavy atom. The molecule has 0 fully saturated rings. The van der Waals surface area contributed by atoms with Crippen molar-refractivity contribution in [3.05, 3.63) is 64.1 Å². The summed E-state index contributed by atoms with van der Waals surface area (Å²) >= 11 is 3.54. The predicted molar refractivity (Wildman–Crippen MR) is 83.2 cm³/mol. The Morgan fingerprint density at radius 3 is 2.79 bits per heavy atom. The fourth-order valence-corrected chi connectivity index (χ4v) is 2.93. The summed E-state index contributed by atoms with van der Waals surface area (Å²) < 4.78 is 1.15. The third kappa shape index (κ3) is 3.17. The Hall–Kier alpha value is -1.32. The van der Waals surface area contributed by atoms with Crippen molar-refractivity contribution in [3.63, 3.8) is 0 Å². The molecule has 1 aliphatic heterocycles. The third-order valence-electron chi connectivity index (χ3n) is 3.57. The van der Waals surface area contributed by atoms with E-state index in [1.54, 1.807) is 0 Å². The van der Waals surface area contributed by atoms with Gasteiger partial charge in [0.05, 0.1) is 5.69 Å². The molecular weight excluding hydrogens is 300 g/mol. The van der Waals surface area contributed by atoms with Crippen LogP contribution in [-0.4, -0.2) is 6.04 Å². The lowest BCUT2D eigenvalue weighted by molar-refractivity contribution is 0.528. The van der Waals surface area contributed by atoms with Crippen LogP contribution in [-0.2, 0) is 12.8 Å². The summed E-state index contributed by atoms with van der Waals surface area (Å²) in [6.07, 6.45) is 3.31. The fourth-order valence-electron chi connectivity index (χ4n) is 2.52. The highest BCUT2D eigenvalue weighted by Crippen LogP contribution is 2.25. The van der Waals surface area contributed by atoms with E-state index in [2.05, 4.69) is 75.3 Å². The van der Waals surface area contributed by atoms with E-state index in [9.17, 15) is 0 Å². The minimum absolute atomic E-state index is 0.466. The first-order valence-corrected chi connectivity index (χ1v) is 7.44. The molecule has 2 aromatic carbocycles. The number of aryl methyl sites for hydroxylation is 1. The number of fused-ring (bicyclic) bond motifs is 1. The lowest BCUT2D eigenvalue weighted by Gasteiger charge is -2.16. The van der Waals surface area contributed by atoms with Crippen LogP contribution in [0, 0.1) is 0 Å². The zero-order valence-corrected chi connectivity index (χ0v) is 12.3. The highest BCUT2D eigenvalue weighted by molar-refractivity contribution is 9.10. The number of hydrogen-bond donors (Lipinski definition) is 2. The monoisotopic (exact) mass is 316 g/mol. The number of anilines is 1. The number of nitrogens with one attached hydrogen (secondary N) is 2. The van der Waals surface area contributed by atoms with E-state index in [1.165, 1.54) is 16.8 Å². The largest absolute Gasteiger partial charge is 0.321 e. The van der Waals surface area contributed by atoms with Gasteiger partial charge >= 0.3 is 0 Å². The Kier molecular flexibility index (Phi) is 3.85. The maximum absolute atomic E-state index is 3.54. The van der Waals surface area contributed by atoms with E-state index < -0.39 is 0 Å². The molecule has 0 amide bonds. The van der Waals surface area contributed by atoms with Gasteiger partial charge in [0, 0.05) is 10.5 Å². The summed E-state index contributed by atoms with van der Waals surface area (Å²) in [6.45, 7) is 0. The van der Waals surface area contributed by atoms with Crippen LogP contribution in [0.4, 0.5) is 5.69 Å². The second kappa shape index (κ2) is 5.76. The zero-order chi connectivity index (χ0) is 13.1. The van der Waals surface area contributed by atoms with Crippen molar-refractivity contribution in [2.24, 2.45) is 0 Å². The molecule has 0 saturated carbocycles. The van der Waals surface area contributed by atoms with Gasteiger partial charge in [0.25, 0.3) is 0 Å². The second-order valence-electron chi connectivity index (χ2n) is 5.00. The molecule has 2 aromatic rings. The molecule has 0 bridgehead atoms. The molecule has 0 spiro atoms. The Morgan fingerprint density at radius 2 is 1.95 bits per heavy atom. The van der Waals surface area contributed by atoms with E-state index in [4.69, 9.17) is 0 Å². The summed E-state index contributed by atoms with van der Waals surface area (Å²) in [4.78, 5) is 0. The van der Waals surface area contributed by atoms with Crippen molar-refractivity contribution in [1.29, 1.82) is 0 Å². The Bertz CT molecular complexity index is 554. The predicted octanol–water partition coefficient (Wildman–Crippen LogP) is 3.92. The molecule has 2 nitrogen and oxygen atoms in total. The minimum Gasteiger partial charge on any atom is -0.321 e. The van der Waals surface area contributed by atoms with Crippen molar-refractivity contribution in [1.82, 2.24) is 5.43 Å². The van der Waals surface area contributed by atoms with E-state index in [1.807, 2.05) is 0 Å². The topological polar surface area (TPSA) is 24.1 Å². The maximum Gasteiger partial charge on any atom is 0.0520 e. The SMILES string of the molecule is Brc1ccc2c(c1)CC[C@H](Cc1ccccc1)NN2. The van der Waals surface area contributed by atoms with Crippen molar-refractivity contribution in [2.75, 3.05) is 5.43 Å². The highest BCUT2D eigenvalue weighted by atomic mass is 79.9. The van der Waals surface area contributed by atoms with Gasteiger partial charge in [0.1, 0.15) is 0 Å². The molecule has 98 valence electrons. The summed E-state index contributed by atoms with van der Waals surface area (Å²) in [5.74, 6) is 0. The summed E-state index contributed by atoms with van der Waals surface area (Å²) in [7, 11) is 0. The summed E-state index contributed by atoms with van der Waals surface area (Å²) in [6, 6.07) is 17.5. The Labute approximate surface area is 122 Å². The van der Waals surface area contributed by atoms with Gasteiger partial charge in [-0.05, 0) is 48.6 Å².